The molecule has 0 radical (unpaired) electrons. The predicted molar refractivity (Wildman–Crippen MR) is 66.3 cm³/mol. The number of rotatable bonds is 7. The van der Waals surface area contributed by atoms with Crippen LogP contribution in [0, 0.1) is 0 Å². The summed E-state index contributed by atoms with van der Waals surface area (Å²) in [7, 11) is 3.93. The Kier molecular flexibility index (Phi) is 6.08. The summed E-state index contributed by atoms with van der Waals surface area (Å²) in [5.41, 5.74) is 1.04. The Labute approximate surface area is 102 Å². The third-order valence-electron chi connectivity index (χ3n) is 2.62. The zero-order valence-corrected chi connectivity index (χ0v) is 10.4. The van der Waals surface area contributed by atoms with E-state index in [1.165, 1.54) is 6.07 Å². The van der Waals surface area contributed by atoms with Crippen LogP contribution in [0.15, 0.2) is 24.3 Å². The van der Waals surface area contributed by atoms with E-state index in [2.05, 4.69) is 10.2 Å². The fourth-order valence-corrected chi connectivity index (χ4v) is 1.74. The van der Waals surface area contributed by atoms with Crippen LogP contribution in [0.1, 0.15) is 24.0 Å². The normalized spacial score (nSPS) is 11.4. The first-order valence-corrected chi connectivity index (χ1v) is 5.83. The second kappa shape index (κ2) is 7.35. The van der Waals surface area contributed by atoms with Gasteiger partial charge in [-0.15, -0.1) is 0 Å². The predicted octanol–water partition coefficient (Wildman–Crippen LogP) is 2.67. The van der Waals surface area contributed by atoms with Gasteiger partial charge >= 0.3 is 0 Å². The molecular weight excluding hydrogens is 222 g/mol. The molecule has 1 N–H and O–H groups in total. The van der Waals surface area contributed by atoms with Crippen LogP contribution in [0.25, 0.3) is 0 Å². The van der Waals surface area contributed by atoms with Crippen LogP contribution in [0.2, 0.25) is 0 Å². The van der Waals surface area contributed by atoms with Crippen molar-refractivity contribution in [3.05, 3.63) is 35.4 Å². The Bertz CT molecular complexity index is 329. The second-order valence-electron chi connectivity index (χ2n) is 4.24. The maximum atomic E-state index is 12.5. The lowest BCUT2D eigenvalue weighted by Crippen LogP contribution is -2.22. The number of benzene rings is 1. The van der Waals surface area contributed by atoms with E-state index < -0.39 is 6.43 Å². The number of hydrogen-bond acceptors (Lipinski definition) is 2. The van der Waals surface area contributed by atoms with Crippen molar-refractivity contribution in [2.75, 3.05) is 27.2 Å². The van der Waals surface area contributed by atoms with Crippen molar-refractivity contribution in [2.24, 2.45) is 0 Å². The summed E-state index contributed by atoms with van der Waals surface area (Å²) in [5.74, 6) is 0. The Morgan fingerprint density at radius 3 is 2.76 bits per heavy atom. The molecule has 0 aliphatic rings. The van der Waals surface area contributed by atoms with Crippen LogP contribution in [0.3, 0.4) is 0 Å². The molecule has 0 spiro atoms. The van der Waals surface area contributed by atoms with Gasteiger partial charge in [-0.05, 0) is 45.2 Å². The molecule has 0 amide bonds. The quantitative estimate of drug-likeness (QED) is 0.739. The molecule has 1 aromatic carbocycles. The maximum Gasteiger partial charge on any atom is 0.263 e. The van der Waals surface area contributed by atoms with Crippen molar-refractivity contribution in [1.29, 1.82) is 0 Å². The molecule has 1 rings (SSSR count). The fraction of sp³-hybridized carbons (Fsp3) is 0.538. The first kappa shape index (κ1) is 14.1. The van der Waals surface area contributed by atoms with E-state index in [1.54, 1.807) is 12.1 Å². The van der Waals surface area contributed by atoms with Crippen molar-refractivity contribution < 1.29 is 8.78 Å². The van der Waals surface area contributed by atoms with Gasteiger partial charge in [-0.3, -0.25) is 0 Å². The van der Waals surface area contributed by atoms with Crippen LogP contribution in [-0.2, 0) is 6.54 Å². The molecular formula is C13H20F2N2. The minimum Gasteiger partial charge on any atom is -0.320 e. The van der Waals surface area contributed by atoms with Crippen molar-refractivity contribution in [1.82, 2.24) is 10.2 Å². The molecule has 0 unspecified atom stereocenters. The molecule has 0 heterocycles. The SMILES string of the molecule is CNCCCN(C)Cc1cccc(C(F)F)c1. The summed E-state index contributed by atoms with van der Waals surface area (Å²) < 4.78 is 25.0. The number of hydrogen-bond donors (Lipinski definition) is 1. The summed E-state index contributed by atoms with van der Waals surface area (Å²) in [6, 6.07) is 6.63. The van der Waals surface area contributed by atoms with Gasteiger partial charge in [-0.25, -0.2) is 8.78 Å². The molecule has 0 fully saturated rings. The number of nitrogens with one attached hydrogen (secondary N) is 1. The molecule has 0 atom stereocenters. The highest BCUT2D eigenvalue weighted by Crippen LogP contribution is 2.19. The Morgan fingerprint density at radius 1 is 1.35 bits per heavy atom. The van der Waals surface area contributed by atoms with E-state index in [9.17, 15) is 8.78 Å². The zero-order chi connectivity index (χ0) is 12.7. The van der Waals surface area contributed by atoms with Crippen LogP contribution in [0.5, 0.6) is 0 Å². The molecule has 0 aliphatic carbocycles. The van der Waals surface area contributed by atoms with Gasteiger partial charge in [0.25, 0.3) is 6.43 Å². The molecule has 4 heteroatoms. The van der Waals surface area contributed by atoms with Gasteiger partial charge in [0, 0.05) is 12.1 Å². The van der Waals surface area contributed by atoms with E-state index in [4.69, 9.17) is 0 Å². The largest absolute Gasteiger partial charge is 0.320 e. The van der Waals surface area contributed by atoms with Crippen LogP contribution in [0.4, 0.5) is 8.78 Å². The molecule has 0 aliphatic heterocycles. The van der Waals surface area contributed by atoms with Gasteiger partial charge in [-0.2, -0.15) is 0 Å². The highest BCUT2D eigenvalue weighted by molar-refractivity contribution is 5.24. The Balaban J connectivity index is 2.47. The van der Waals surface area contributed by atoms with E-state index in [1.807, 2.05) is 20.2 Å². The first-order valence-electron chi connectivity index (χ1n) is 5.83. The third-order valence-corrected chi connectivity index (χ3v) is 2.62. The maximum absolute atomic E-state index is 12.5. The van der Waals surface area contributed by atoms with Crippen molar-refractivity contribution in [2.45, 2.75) is 19.4 Å². The van der Waals surface area contributed by atoms with E-state index >= 15 is 0 Å². The molecule has 0 aromatic heterocycles. The summed E-state index contributed by atoms with van der Waals surface area (Å²) >= 11 is 0. The standard InChI is InChI=1S/C13H20F2N2/c1-16-7-4-8-17(2)10-11-5-3-6-12(9-11)13(14)15/h3,5-6,9,13,16H,4,7-8,10H2,1-2H3. The van der Waals surface area contributed by atoms with Gasteiger partial charge in [0.1, 0.15) is 0 Å². The van der Waals surface area contributed by atoms with Crippen LogP contribution < -0.4 is 5.32 Å². The van der Waals surface area contributed by atoms with Gasteiger partial charge in [0.05, 0.1) is 0 Å². The molecule has 2 nitrogen and oxygen atoms in total. The topological polar surface area (TPSA) is 15.3 Å². The summed E-state index contributed by atoms with van der Waals surface area (Å²) in [4.78, 5) is 2.14. The number of halogens is 2. The molecule has 0 bridgehead atoms. The van der Waals surface area contributed by atoms with Crippen LogP contribution in [-0.4, -0.2) is 32.1 Å². The average molecular weight is 242 g/mol. The third kappa shape index (κ3) is 5.24. The monoisotopic (exact) mass is 242 g/mol. The van der Waals surface area contributed by atoms with Gasteiger partial charge in [-0.1, -0.05) is 18.2 Å². The Morgan fingerprint density at radius 2 is 2.12 bits per heavy atom. The molecule has 0 saturated carbocycles. The van der Waals surface area contributed by atoms with Gasteiger partial charge < -0.3 is 10.2 Å². The molecule has 17 heavy (non-hydrogen) atoms. The summed E-state index contributed by atoms with van der Waals surface area (Å²) in [6.07, 6.45) is -1.33. The molecule has 1 aromatic rings. The average Bonchev–Trinajstić information content (AvgIpc) is 2.29. The molecule has 0 saturated heterocycles. The molecule has 96 valence electrons. The zero-order valence-electron chi connectivity index (χ0n) is 10.4. The Hall–Kier alpha value is -1.00. The van der Waals surface area contributed by atoms with E-state index in [-0.39, 0.29) is 5.56 Å². The lowest BCUT2D eigenvalue weighted by molar-refractivity contribution is 0.151. The minimum absolute atomic E-state index is 0.103. The minimum atomic E-state index is -2.38. The van der Waals surface area contributed by atoms with Crippen molar-refractivity contribution in [3.8, 4) is 0 Å². The van der Waals surface area contributed by atoms with Gasteiger partial charge in [0.15, 0.2) is 0 Å². The van der Waals surface area contributed by atoms with E-state index in [0.29, 0.717) is 6.54 Å². The summed E-state index contributed by atoms with van der Waals surface area (Å²) in [6.45, 7) is 2.64. The lowest BCUT2D eigenvalue weighted by Gasteiger charge is -2.17. The highest BCUT2D eigenvalue weighted by Gasteiger charge is 2.07. The van der Waals surface area contributed by atoms with Gasteiger partial charge in [0.2, 0.25) is 0 Å². The fourth-order valence-electron chi connectivity index (χ4n) is 1.74. The highest BCUT2D eigenvalue weighted by atomic mass is 19.3. The smallest absolute Gasteiger partial charge is 0.263 e. The number of alkyl halides is 2. The van der Waals surface area contributed by atoms with Crippen LogP contribution >= 0.6 is 0 Å². The summed E-state index contributed by atoms with van der Waals surface area (Å²) in [5, 5.41) is 3.09. The lowest BCUT2D eigenvalue weighted by atomic mass is 10.1. The van der Waals surface area contributed by atoms with Crippen molar-refractivity contribution in [3.63, 3.8) is 0 Å². The second-order valence-corrected chi connectivity index (χ2v) is 4.24. The number of nitrogens with zero attached hydrogens (tertiary/aromatic N) is 1. The first-order chi connectivity index (χ1) is 8.13. The van der Waals surface area contributed by atoms with Crippen molar-refractivity contribution >= 4 is 0 Å². The van der Waals surface area contributed by atoms with E-state index in [0.717, 1.165) is 25.1 Å².